The molecule has 0 aliphatic carbocycles. The van der Waals surface area contributed by atoms with Crippen LogP contribution in [-0.2, 0) is 17.9 Å². The average molecular weight is 574 g/mol. The molecule has 2 aliphatic rings. The van der Waals surface area contributed by atoms with Crippen molar-refractivity contribution in [2.75, 3.05) is 13.7 Å². The number of hydrogen-bond donors (Lipinski definition) is 1. The molecule has 8 nitrogen and oxygen atoms in total. The Morgan fingerprint density at radius 1 is 1.10 bits per heavy atom. The number of amides is 2. The van der Waals surface area contributed by atoms with Gasteiger partial charge in [0.2, 0.25) is 5.43 Å². The van der Waals surface area contributed by atoms with Crippen LogP contribution in [0.15, 0.2) is 53.5 Å². The standard InChI is InChI=1S/C29H27F4N3O5/c1-15-20(31)10-24(40-2)23-13-35(15)29(39)25-27(41-14-16-6-4-3-5-7-16)26(37)19(12-36(23)25)28(38)34-11-18-21(32)8-17(30)9-22(18)33/h3-9,12,15,20,23-24H,10-11,13-14H2,1-2H3,(H,34,38)/t15-,20+,23+,24-/m0/s1. The van der Waals surface area contributed by atoms with Gasteiger partial charge in [0.1, 0.15) is 35.8 Å². The molecule has 5 rings (SSSR count). The summed E-state index contributed by atoms with van der Waals surface area (Å²) in [6.45, 7) is 0.828. The number of rotatable bonds is 7. The quantitative estimate of drug-likeness (QED) is 0.433. The Balaban J connectivity index is 1.59. The number of pyridine rings is 1. The van der Waals surface area contributed by atoms with E-state index in [2.05, 4.69) is 5.32 Å². The summed E-state index contributed by atoms with van der Waals surface area (Å²) in [6, 6.07) is 8.27. The van der Waals surface area contributed by atoms with E-state index in [4.69, 9.17) is 9.47 Å². The van der Waals surface area contributed by atoms with Crippen LogP contribution in [-0.4, -0.2) is 53.3 Å². The van der Waals surface area contributed by atoms with Crippen molar-refractivity contribution < 1.29 is 36.6 Å². The second-order valence-corrected chi connectivity index (χ2v) is 10.1. The van der Waals surface area contributed by atoms with Gasteiger partial charge in [-0.3, -0.25) is 14.4 Å². The maximum absolute atomic E-state index is 15.1. The van der Waals surface area contributed by atoms with Crippen LogP contribution in [0.4, 0.5) is 17.6 Å². The Labute approximate surface area is 232 Å². The maximum atomic E-state index is 15.1. The normalized spacial score (nSPS) is 21.7. The molecule has 1 aromatic heterocycles. The van der Waals surface area contributed by atoms with Crippen molar-refractivity contribution in [2.45, 2.75) is 50.9 Å². The molecule has 3 aromatic rings. The number of methoxy groups -OCH3 is 1. The van der Waals surface area contributed by atoms with E-state index in [0.717, 1.165) is 6.20 Å². The number of alkyl halides is 1. The average Bonchev–Trinajstić information content (AvgIpc) is 3.05. The van der Waals surface area contributed by atoms with Crippen LogP contribution < -0.4 is 15.5 Å². The fourth-order valence-corrected chi connectivity index (χ4v) is 5.29. The number of nitrogens with one attached hydrogen (secondary N) is 1. The smallest absolute Gasteiger partial charge is 0.274 e. The number of carbonyl (C=O) groups excluding carboxylic acids is 2. The fourth-order valence-electron chi connectivity index (χ4n) is 5.29. The Morgan fingerprint density at radius 2 is 1.78 bits per heavy atom. The van der Waals surface area contributed by atoms with Gasteiger partial charge in [0, 0.05) is 50.5 Å². The summed E-state index contributed by atoms with van der Waals surface area (Å²) in [7, 11) is 1.41. The molecule has 2 amide bonds. The highest BCUT2D eigenvalue weighted by molar-refractivity contribution is 5.99. The highest BCUT2D eigenvalue weighted by Gasteiger charge is 2.46. The first-order chi connectivity index (χ1) is 19.6. The summed E-state index contributed by atoms with van der Waals surface area (Å²) < 4.78 is 69.6. The SMILES string of the molecule is CO[C@H]1C[C@@H](F)[C@H](C)N2C[C@H]1n1cc(C(=O)NCc3c(F)cc(F)cc3F)c(=O)c(OCc3ccccc3)c1C2=O. The van der Waals surface area contributed by atoms with Gasteiger partial charge in [-0.15, -0.1) is 0 Å². The molecule has 0 radical (unpaired) electrons. The lowest BCUT2D eigenvalue weighted by molar-refractivity contribution is 0.0312. The minimum absolute atomic E-state index is 0.0392. The molecule has 4 atom stereocenters. The molecule has 2 aliphatic heterocycles. The lowest BCUT2D eigenvalue weighted by Gasteiger charge is -2.39. The first kappa shape index (κ1) is 28.3. The number of nitrogens with zero attached hydrogens (tertiary/aromatic N) is 2. The first-order valence-electron chi connectivity index (χ1n) is 13.0. The van der Waals surface area contributed by atoms with Crippen molar-refractivity contribution in [1.82, 2.24) is 14.8 Å². The van der Waals surface area contributed by atoms with E-state index in [1.165, 1.54) is 16.6 Å². The third kappa shape index (κ3) is 5.31. The number of fused-ring (bicyclic) bond motifs is 4. The number of hydrogen-bond acceptors (Lipinski definition) is 5. The van der Waals surface area contributed by atoms with Crippen LogP contribution in [0.1, 0.15) is 51.4 Å². The van der Waals surface area contributed by atoms with Crippen LogP contribution in [0.25, 0.3) is 0 Å². The van der Waals surface area contributed by atoms with E-state index in [0.29, 0.717) is 17.7 Å². The number of carbonyl (C=O) groups is 2. The summed E-state index contributed by atoms with van der Waals surface area (Å²) in [5, 5.41) is 2.29. The van der Waals surface area contributed by atoms with Gasteiger partial charge in [-0.25, -0.2) is 17.6 Å². The van der Waals surface area contributed by atoms with E-state index in [1.807, 2.05) is 0 Å². The lowest BCUT2D eigenvalue weighted by atomic mass is 10.0. The minimum atomic E-state index is -1.41. The third-order valence-corrected chi connectivity index (χ3v) is 7.60. The van der Waals surface area contributed by atoms with E-state index in [9.17, 15) is 27.6 Å². The van der Waals surface area contributed by atoms with E-state index in [1.54, 1.807) is 37.3 Å². The van der Waals surface area contributed by atoms with Gasteiger partial charge in [0.25, 0.3) is 11.8 Å². The van der Waals surface area contributed by atoms with Crippen molar-refractivity contribution >= 4 is 11.8 Å². The van der Waals surface area contributed by atoms with Crippen LogP contribution >= 0.6 is 0 Å². The van der Waals surface area contributed by atoms with Crippen molar-refractivity contribution in [3.05, 3.63) is 98.7 Å². The highest BCUT2D eigenvalue weighted by Crippen LogP contribution is 2.37. The summed E-state index contributed by atoms with van der Waals surface area (Å²) in [5.74, 6) is -5.61. The molecule has 41 heavy (non-hydrogen) atoms. The monoisotopic (exact) mass is 573 g/mol. The summed E-state index contributed by atoms with van der Waals surface area (Å²) in [4.78, 5) is 41.9. The zero-order valence-corrected chi connectivity index (χ0v) is 22.2. The molecule has 2 aromatic carbocycles. The molecule has 0 unspecified atom stereocenters. The minimum Gasteiger partial charge on any atom is -0.483 e. The number of ether oxygens (including phenoxy) is 2. The van der Waals surface area contributed by atoms with Crippen LogP contribution in [0.3, 0.4) is 0 Å². The van der Waals surface area contributed by atoms with Crippen molar-refractivity contribution in [3.8, 4) is 5.75 Å². The van der Waals surface area contributed by atoms with Crippen LogP contribution in [0.2, 0.25) is 0 Å². The Kier molecular flexibility index (Phi) is 7.85. The Hall–Kier alpha value is -4.19. The molecule has 1 saturated heterocycles. The fraction of sp³-hybridized carbons (Fsp3) is 0.345. The second-order valence-electron chi connectivity index (χ2n) is 10.1. The zero-order chi connectivity index (χ0) is 29.4. The molecule has 216 valence electrons. The Bertz CT molecular complexity index is 1520. The molecule has 0 saturated carbocycles. The van der Waals surface area contributed by atoms with Gasteiger partial charge in [-0.05, 0) is 12.5 Å². The molecular weight excluding hydrogens is 546 g/mol. The molecule has 12 heteroatoms. The number of benzene rings is 2. The summed E-state index contributed by atoms with van der Waals surface area (Å²) >= 11 is 0. The number of halogens is 4. The largest absolute Gasteiger partial charge is 0.483 e. The van der Waals surface area contributed by atoms with Gasteiger partial charge in [0.05, 0.1) is 18.2 Å². The van der Waals surface area contributed by atoms with Gasteiger partial charge < -0.3 is 24.3 Å². The first-order valence-corrected chi connectivity index (χ1v) is 13.0. The molecule has 1 fully saturated rings. The third-order valence-electron chi connectivity index (χ3n) is 7.60. The molecule has 0 spiro atoms. The summed E-state index contributed by atoms with van der Waals surface area (Å²) in [5.41, 5.74) is -1.48. The van der Waals surface area contributed by atoms with Gasteiger partial charge in [0.15, 0.2) is 11.4 Å². The predicted octanol–water partition coefficient (Wildman–Crippen LogP) is 3.92. The lowest BCUT2D eigenvalue weighted by Crippen LogP contribution is -2.50. The van der Waals surface area contributed by atoms with Gasteiger partial charge >= 0.3 is 0 Å². The predicted molar refractivity (Wildman–Crippen MR) is 139 cm³/mol. The Morgan fingerprint density at radius 3 is 2.44 bits per heavy atom. The van der Waals surface area contributed by atoms with Crippen molar-refractivity contribution in [1.29, 1.82) is 0 Å². The van der Waals surface area contributed by atoms with Crippen molar-refractivity contribution in [2.24, 2.45) is 0 Å². The zero-order valence-electron chi connectivity index (χ0n) is 22.2. The van der Waals surface area contributed by atoms with E-state index < -0.39 is 82.5 Å². The number of aromatic nitrogens is 1. The molecule has 1 N–H and O–H groups in total. The van der Waals surface area contributed by atoms with Gasteiger partial charge in [-0.1, -0.05) is 30.3 Å². The van der Waals surface area contributed by atoms with Crippen molar-refractivity contribution in [3.63, 3.8) is 0 Å². The molecule has 2 bridgehead atoms. The topological polar surface area (TPSA) is 89.9 Å². The van der Waals surface area contributed by atoms with Crippen LogP contribution in [0.5, 0.6) is 5.75 Å². The van der Waals surface area contributed by atoms with E-state index >= 15 is 4.39 Å². The van der Waals surface area contributed by atoms with Crippen LogP contribution in [0, 0.1) is 17.5 Å². The maximum Gasteiger partial charge on any atom is 0.274 e. The second kappa shape index (κ2) is 11.4. The van der Waals surface area contributed by atoms with Gasteiger partial charge in [-0.2, -0.15) is 0 Å². The summed E-state index contributed by atoms with van der Waals surface area (Å²) in [6.07, 6.45) is -1.00. The molecular formula is C29H27F4N3O5. The van der Waals surface area contributed by atoms with E-state index in [-0.39, 0.29) is 25.3 Å². The molecule has 3 heterocycles. The highest BCUT2D eigenvalue weighted by atomic mass is 19.1.